The average Bonchev–Trinajstić information content (AvgIpc) is 1.93. The Hall–Kier alpha value is -0.810. The number of hydrogen-bond acceptors (Lipinski definition) is 3. The molecule has 0 aromatic rings. The molecule has 0 spiro atoms. The van der Waals surface area contributed by atoms with Gasteiger partial charge in [0.25, 0.3) is 0 Å². The molecule has 1 fully saturated rings. The topological polar surface area (TPSA) is 84.6 Å². The molecule has 1 saturated heterocycles. The lowest BCUT2D eigenvalue weighted by Crippen LogP contribution is -2.57. The number of nitrogens with one attached hydrogen (secondary N) is 1. The van der Waals surface area contributed by atoms with Gasteiger partial charge in [0.1, 0.15) is 0 Å². The molecule has 0 aliphatic carbocycles. The van der Waals surface area contributed by atoms with Crippen molar-refractivity contribution in [1.82, 2.24) is 5.32 Å². The summed E-state index contributed by atoms with van der Waals surface area (Å²) in [6.07, 6.45) is -0.387. The molecule has 0 aromatic heterocycles. The molecule has 0 radical (unpaired) electrons. The van der Waals surface area contributed by atoms with Gasteiger partial charge >= 0.3 is 6.09 Å². The Morgan fingerprint density at radius 2 is 2.31 bits per heavy atom. The van der Waals surface area contributed by atoms with Gasteiger partial charge in [-0.2, -0.15) is 0 Å². The van der Waals surface area contributed by atoms with Gasteiger partial charge in [0.2, 0.25) is 0 Å². The summed E-state index contributed by atoms with van der Waals surface area (Å²) in [7, 11) is 0. The number of carboxylic acid groups (broad SMARTS) is 1. The van der Waals surface area contributed by atoms with Gasteiger partial charge in [0, 0.05) is 6.04 Å². The van der Waals surface area contributed by atoms with Crippen molar-refractivity contribution < 1.29 is 14.6 Å². The maximum atomic E-state index is 10.4. The van der Waals surface area contributed by atoms with Crippen molar-refractivity contribution in [3.63, 3.8) is 0 Å². The van der Waals surface area contributed by atoms with E-state index < -0.39 is 6.09 Å². The number of nitrogens with two attached hydrogens (primary N) is 1. The predicted octanol–water partition coefficient (Wildman–Crippen LogP) is 0.149. The minimum Gasteiger partial charge on any atom is -0.465 e. The maximum Gasteiger partial charge on any atom is 0.405 e. The predicted molar refractivity (Wildman–Crippen MR) is 47.6 cm³/mol. The van der Waals surface area contributed by atoms with Crippen LogP contribution in [0.1, 0.15) is 20.3 Å². The fourth-order valence-corrected chi connectivity index (χ4v) is 1.52. The summed E-state index contributed by atoms with van der Waals surface area (Å²) >= 11 is 0. The molecule has 0 bridgehead atoms. The molecule has 0 unspecified atom stereocenters. The second kappa shape index (κ2) is 3.51. The van der Waals surface area contributed by atoms with Gasteiger partial charge < -0.3 is 20.9 Å². The van der Waals surface area contributed by atoms with Gasteiger partial charge in [-0.3, -0.25) is 0 Å². The monoisotopic (exact) mass is 188 g/mol. The number of amides is 1. The first-order valence-electron chi connectivity index (χ1n) is 4.30. The Morgan fingerprint density at radius 1 is 1.69 bits per heavy atom. The molecule has 5 nitrogen and oxygen atoms in total. The average molecular weight is 188 g/mol. The molecule has 1 aliphatic heterocycles. The Morgan fingerprint density at radius 3 is 2.77 bits per heavy atom. The van der Waals surface area contributed by atoms with Crippen LogP contribution in [0.25, 0.3) is 0 Å². The standard InChI is InChI=1S/C8H16N2O3/c1-8(2)3-5(9)6(4-13-8)10-7(11)12/h5-6,10H,3-4,9H2,1-2H3,(H,11,12)/t5-,6-/m1/s1. The molecule has 1 heterocycles. The van der Waals surface area contributed by atoms with E-state index in [-0.39, 0.29) is 17.7 Å². The molecule has 1 aliphatic rings. The highest BCUT2D eigenvalue weighted by Crippen LogP contribution is 2.22. The number of rotatable bonds is 1. The first-order chi connectivity index (χ1) is 5.91. The number of hydrogen-bond donors (Lipinski definition) is 3. The fraction of sp³-hybridized carbons (Fsp3) is 0.875. The van der Waals surface area contributed by atoms with Crippen molar-refractivity contribution in [2.24, 2.45) is 5.73 Å². The van der Waals surface area contributed by atoms with Crippen molar-refractivity contribution in [3.05, 3.63) is 0 Å². The zero-order valence-electron chi connectivity index (χ0n) is 7.91. The Balaban J connectivity index is 2.49. The summed E-state index contributed by atoms with van der Waals surface area (Å²) in [4.78, 5) is 10.4. The SMILES string of the molecule is CC1(C)C[C@@H](N)[C@H](NC(=O)O)CO1. The lowest BCUT2D eigenvalue weighted by molar-refractivity contribution is -0.0716. The van der Waals surface area contributed by atoms with E-state index in [1.54, 1.807) is 0 Å². The third kappa shape index (κ3) is 2.86. The van der Waals surface area contributed by atoms with E-state index in [4.69, 9.17) is 15.6 Å². The van der Waals surface area contributed by atoms with Crippen LogP contribution in [0.4, 0.5) is 4.79 Å². The molecule has 2 atom stereocenters. The highest BCUT2D eigenvalue weighted by Gasteiger charge is 2.34. The lowest BCUT2D eigenvalue weighted by atomic mass is 9.91. The van der Waals surface area contributed by atoms with E-state index in [1.807, 2.05) is 13.8 Å². The fourth-order valence-electron chi connectivity index (χ4n) is 1.52. The van der Waals surface area contributed by atoms with Crippen molar-refractivity contribution in [2.45, 2.75) is 38.0 Å². The quantitative estimate of drug-likeness (QED) is 0.546. The van der Waals surface area contributed by atoms with Gasteiger partial charge in [-0.25, -0.2) is 4.79 Å². The van der Waals surface area contributed by atoms with Crippen molar-refractivity contribution in [2.75, 3.05) is 6.61 Å². The summed E-state index contributed by atoms with van der Waals surface area (Å²) < 4.78 is 5.44. The molecule has 4 N–H and O–H groups in total. The van der Waals surface area contributed by atoms with E-state index in [0.29, 0.717) is 13.0 Å². The zero-order chi connectivity index (χ0) is 10.1. The molecule has 13 heavy (non-hydrogen) atoms. The van der Waals surface area contributed by atoms with Crippen LogP contribution in [0.15, 0.2) is 0 Å². The Bertz CT molecular complexity index is 206. The van der Waals surface area contributed by atoms with Gasteiger partial charge in [0.05, 0.1) is 18.2 Å². The zero-order valence-corrected chi connectivity index (χ0v) is 7.91. The molecule has 1 amide bonds. The summed E-state index contributed by atoms with van der Waals surface area (Å²) in [5, 5.41) is 10.8. The van der Waals surface area contributed by atoms with E-state index in [9.17, 15) is 4.79 Å². The normalized spacial score (nSPS) is 32.5. The van der Waals surface area contributed by atoms with Crippen LogP contribution < -0.4 is 11.1 Å². The largest absolute Gasteiger partial charge is 0.465 e. The number of ether oxygens (including phenoxy) is 1. The second-order valence-electron chi connectivity index (χ2n) is 3.99. The summed E-state index contributed by atoms with van der Waals surface area (Å²) in [5.74, 6) is 0. The van der Waals surface area contributed by atoms with Gasteiger partial charge in [-0.05, 0) is 20.3 Å². The van der Waals surface area contributed by atoms with E-state index >= 15 is 0 Å². The van der Waals surface area contributed by atoms with E-state index in [0.717, 1.165) is 0 Å². The first kappa shape index (κ1) is 10.3. The minimum absolute atomic E-state index is 0.167. The molecular formula is C8H16N2O3. The molecular weight excluding hydrogens is 172 g/mol. The van der Waals surface area contributed by atoms with Crippen LogP contribution >= 0.6 is 0 Å². The van der Waals surface area contributed by atoms with Crippen LogP contribution in [0.5, 0.6) is 0 Å². The molecule has 5 heteroatoms. The van der Waals surface area contributed by atoms with Crippen LogP contribution in [0, 0.1) is 0 Å². The maximum absolute atomic E-state index is 10.4. The van der Waals surface area contributed by atoms with Crippen LogP contribution in [-0.4, -0.2) is 35.5 Å². The highest BCUT2D eigenvalue weighted by atomic mass is 16.5. The van der Waals surface area contributed by atoms with Gasteiger partial charge in [-0.15, -0.1) is 0 Å². The third-order valence-electron chi connectivity index (χ3n) is 2.21. The van der Waals surface area contributed by atoms with Crippen LogP contribution in [-0.2, 0) is 4.74 Å². The van der Waals surface area contributed by atoms with Crippen LogP contribution in [0.3, 0.4) is 0 Å². The van der Waals surface area contributed by atoms with E-state index in [1.165, 1.54) is 0 Å². The summed E-state index contributed by atoms with van der Waals surface area (Å²) in [6.45, 7) is 4.24. The lowest BCUT2D eigenvalue weighted by Gasteiger charge is -2.38. The Kier molecular flexibility index (Phi) is 2.77. The smallest absolute Gasteiger partial charge is 0.405 e. The molecule has 0 aromatic carbocycles. The highest BCUT2D eigenvalue weighted by molar-refractivity contribution is 5.65. The molecule has 76 valence electrons. The summed E-state index contributed by atoms with van der Waals surface area (Å²) in [5.41, 5.74) is 5.56. The van der Waals surface area contributed by atoms with Crippen molar-refractivity contribution >= 4 is 6.09 Å². The second-order valence-corrected chi connectivity index (χ2v) is 3.99. The minimum atomic E-state index is -1.05. The third-order valence-corrected chi connectivity index (χ3v) is 2.21. The van der Waals surface area contributed by atoms with Crippen molar-refractivity contribution in [1.29, 1.82) is 0 Å². The first-order valence-corrected chi connectivity index (χ1v) is 4.30. The van der Waals surface area contributed by atoms with Crippen LogP contribution in [0.2, 0.25) is 0 Å². The molecule has 0 saturated carbocycles. The number of carbonyl (C=O) groups is 1. The van der Waals surface area contributed by atoms with Gasteiger partial charge in [-0.1, -0.05) is 0 Å². The summed E-state index contributed by atoms with van der Waals surface area (Å²) in [6, 6.07) is -0.453. The van der Waals surface area contributed by atoms with E-state index in [2.05, 4.69) is 5.32 Å². The van der Waals surface area contributed by atoms with Crippen molar-refractivity contribution in [3.8, 4) is 0 Å². The van der Waals surface area contributed by atoms with Gasteiger partial charge in [0.15, 0.2) is 0 Å². The Labute approximate surface area is 77.2 Å². The molecule has 1 rings (SSSR count).